The highest BCUT2D eigenvalue weighted by molar-refractivity contribution is 5.84. The number of ether oxygens (including phenoxy) is 2. The van der Waals surface area contributed by atoms with Crippen LogP contribution < -0.4 is 4.74 Å². The van der Waals surface area contributed by atoms with Gasteiger partial charge in [-0.25, -0.2) is 19.4 Å². The number of carbonyl (C=O) groups is 1. The van der Waals surface area contributed by atoms with Crippen molar-refractivity contribution in [3.05, 3.63) is 30.5 Å². The van der Waals surface area contributed by atoms with E-state index in [1.807, 2.05) is 0 Å². The van der Waals surface area contributed by atoms with Gasteiger partial charge in [-0.15, -0.1) is 5.10 Å². The number of hydrogen-bond acceptors (Lipinski definition) is 6. The molecular weight excluding hydrogens is 224 g/mol. The minimum atomic E-state index is -0.578. The zero-order valence-corrected chi connectivity index (χ0v) is 9.32. The lowest BCUT2D eigenvalue weighted by atomic mass is 10.4. The predicted molar refractivity (Wildman–Crippen MR) is 57.0 cm³/mol. The second kappa shape index (κ2) is 4.60. The lowest BCUT2D eigenvalue weighted by Crippen LogP contribution is -2.05. The number of nitrogens with zero attached hydrogens (tertiary/aromatic N) is 4. The molecule has 2 aromatic rings. The molecule has 2 heterocycles. The van der Waals surface area contributed by atoms with Gasteiger partial charge < -0.3 is 9.47 Å². The van der Waals surface area contributed by atoms with Crippen molar-refractivity contribution in [2.75, 3.05) is 14.2 Å². The molecule has 0 amide bonds. The highest BCUT2D eigenvalue weighted by Gasteiger charge is 2.11. The Hall–Kier alpha value is -2.44. The first-order valence-corrected chi connectivity index (χ1v) is 4.75. The first-order valence-electron chi connectivity index (χ1n) is 4.75. The molecule has 0 fully saturated rings. The Kier molecular flexibility index (Phi) is 2.99. The molecule has 0 aliphatic carbocycles. The van der Waals surface area contributed by atoms with Crippen LogP contribution in [0.4, 0.5) is 0 Å². The molecule has 0 N–H and O–H groups in total. The second-order valence-corrected chi connectivity index (χ2v) is 3.06. The highest BCUT2D eigenvalue weighted by Crippen LogP contribution is 2.10. The van der Waals surface area contributed by atoms with Gasteiger partial charge in [0.2, 0.25) is 5.88 Å². The maximum Gasteiger partial charge on any atom is 0.377 e. The van der Waals surface area contributed by atoms with Gasteiger partial charge in [0.1, 0.15) is 6.33 Å². The van der Waals surface area contributed by atoms with Gasteiger partial charge in [-0.1, -0.05) is 0 Å². The topological polar surface area (TPSA) is 79.1 Å². The van der Waals surface area contributed by atoms with Gasteiger partial charge in [-0.3, -0.25) is 0 Å². The first-order chi connectivity index (χ1) is 8.24. The maximum absolute atomic E-state index is 11.2. The quantitative estimate of drug-likeness (QED) is 0.718. The van der Waals surface area contributed by atoms with E-state index < -0.39 is 5.97 Å². The molecule has 0 bridgehead atoms. The third-order valence-corrected chi connectivity index (χ3v) is 2.05. The van der Waals surface area contributed by atoms with E-state index in [0.29, 0.717) is 11.6 Å². The summed E-state index contributed by atoms with van der Waals surface area (Å²) in [4.78, 5) is 19.0. The third kappa shape index (κ3) is 2.22. The molecule has 2 aromatic heterocycles. The molecule has 0 aromatic carbocycles. The Morgan fingerprint density at radius 1 is 1.29 bits per heavy atom. The number of methoxy groups -OCH3 is 2. The highest BCUT2D eigenvalue weighted by atomic mass is 16.5. The van der Waals surface area contributed by atoms with Crippen molar-refractivity contribution in [2.45, 2.75) is 0 Å². The smallest absolute Gasteiger partial charge is 0.377 e. The van der Waals surface area contributed by atoms with Gasteiger partial charge in [-0.2, -0.15) is 0 Å². The molecule has 2 rings (SSSR count). The van der Waals surface area contributed by atoms with Gasteiger partial charge >= 0.3 is 5.97 Å². The van der Waals surface area contributed by atoms with E-state index >= 15 is 0 Å². The van der Waals surface area contributed by atoms with E-state index in [2.05, 4.69) is 19.8 Å². The molecule has 0 saturated carbocycles. The minimum absolute atomic E-state index is 0.00307. The monoisotopic (exact) mass is 234 g/mol. The van der Waals surface area contributed by atoms with Crippen LogP contribution in [0.3, 0.4) is 0 Å². The summed E-state index contributed by atoms with van der Waals surface area (Å²) in [6.45, 7) is 0. The Bertz CT molecular complexity index is 521. The van der Waals surface area contributed by atoms with Gasteiger partial charge in [0.15, 0.2) is 0 Å². The van der Waals surface area contributed by atoms with Crippen molar-refractivity contribution < 1.29 is 14.3 Å². The van der Waals surface area contributed by atoms with Crippen LogP contribution in [0.2, 0.25) is 0 Å². The fourth-order valence-corrected chi connectivity index (χ4v) is 1.20. The van der Waals surface area contributed by atoms with Crippen LogP contribution in [0.1, 0.15) is 10.6 Å². The van der Waals surface area contributed by atoms with Crippen molar-refractivity contribution in [3.63, 3.8) is 0 Å². The summed E-state index contributed by atoms with van der Waals surface area (Å²) in [7, 11) is 2.81. The van der Waals surface area contributed by atoms with E-state index in [1.165, 1.54) is 25.2 Å². The molecule has 0 aliphatic rings. The molecule has 0 aliphatic heterocycles. The van der Waals surface area contributed by atoms with Gasteiger partial charge in [0.25, 0.3) is 5.82 Å². The Balaban J connectivity index is 2.27. The van der Waals surface area contributed by atoms with E-state index in [1.54, 1.807) is 18.3 Å². The lowest BCUT2D eigenvalue weighted by molar-refractivity contribution is 0.0587. The van der Waals surface area contributed by atoms with E-state index in [0.717, 1.165) is 0 Å². The van der Waals surface area contributed by atoms with E-state index in [4.69, 9.17) is 4.74 Å². The number of esters is 1. The average molecular weight is 234 g/mol. The molecular formula is C10H10N4O3. The number of hydrogen-bond donors (Lipinski definition) is 0. The molecule has 7 heteroatoms. The summed E-state index contributed by atoms with van der Waals surface area (Å²) in [6, 6.07) is 3.44. The summed E-state index contributed by atoms with van der Waals surface area (Å²) in [5, 5.41) is 3.96. The Morgan fingerprint density at radius 3 is 2.71 bits per heavy atom. The second-order valence-electron chi connectivity index (χ2n) is 3.06. The number of carbonyl (C=O) groups excluding carboxylic acids is 1. The molecule has 0 radical (unpaired) electrons. The molecule has 0 spiro atoms. The molecule has 7 nitrogen and oxygen atoms in total. The summed E-state index contributed by atoms with van der Waals surface area (Å²) in [5.74, 6) is -0.0735. The van der Waals surface area contributed by atoms with Crippen molar-refractivity contribution in [2.24, 2.45) is 0 Å². The molecule has 88 valence electrons. The van der Waals surface area contributed by atoms with Crippen LogP contribution in [-0.4, -0.2) is 39.9 Å². The molecule has 0 saturated heterocycles. The summed E-state index contributed by atoms with van der Waals surface area (Å²) < 4.78 is 10.9. The number of pyridine rings is 1. The fraction of sp³-hybridized carbons (Fsp3) is 0.200. The normalized spacial score (nSPS) is 10.0. The minimum Gasteiger partial charge on any atom is -0.481 e. The van der Waals surface area contributed by atoms with E-state index in [9.17, 15) is 4.79 Å². The predicted octanol–water partition coefficient (Wildman–Crippen LogP) is 0.458. The van der Waals surface area contributed by atoms with Gasteiger partial charge in [0, 0.05) is 6.07 Å². The van der Waals surface area contributed by atoms with Crippen LogP contribution in [0.5, 0.6) is 5.88 Å². The van der Waals surface area contributed by atoms with Crippen molar-refractivity contribution in [1.82, 2.24) is 19.7 Å². The van der Waals surface area contributed by atoms with Gasteiger partial charge in [0.05, 0.1) is 26.1 Å². The van der Waals surface area contributed by atoms with Crippen LogP contribution in [0.25, 0.3) is 5.69 Å². The number of rotatable bonds is 3. The number of aromatic nitrogens is 4. The van der Waals surface area contributed by atoms with Crippen molar-refractivity contribution in [1.29, 1.82) is 0 Å². The van der Waals surface area contributed by atoms with Crippen molar-refractivity contribution in [3.8, 4) is 11.6 Å². The van der Waals surface area contributed by atoms with Crippen molar-refractivity contribution >= 4 is 5.97 Å². The lowest BCUT2D eigenvalue weighted by Gasteiger charge is -2.01. The Labute approximate surface area is 97.0 Å². The standard InChI is InChI=1S/C10H10N4O3/c1-16-8-4-3-7(5-11-8)14-6-12-9(13-14)10(15)17-2/h3-6H,1-2H3. The Morgan fingerprint density at radius 2 is 2.12 bits per heavy atom. The fourth-order valence-electron chi connectivity index (χ4n) is 1.20. The zero-order chi connectivity index (χ0) is 12.3. The molecule has 0 atom stereocenters. The average Bonchev–Trinajstić information content (AvgIpc) is 2.87. The van der Waals surface area contributed by atoms with Crippen LogP contribution >= 0.6 is 0 Å². The third-order valence-electron chi connectivity index (χ3n) is 2.05. The molecule has 17 heavy (non-hydrogen) atoms. The molecule has 0 unspecified atom stereocenters. The largest absolute Gasteiger partial charge is 0.481 e. The van der Waals surface area contributed by atoms with Crippen LogP contribution in [-0.2, 0) is 4.74 Å². The van der Waals surface area contributed by atoms with Crippen LogP contribution in [0.15, 0.2) is 24.7 Å². The SMILES string of the molecule is COC(=O)c1ncn(-c2ccc(OC)nc2)n1. The summed E-state index contributed by atoms with van der Waals surface area (Å²) in [6.07, 6.45) is 2.98. The van der Waals surface area contributed by atoms with Gasteiger partial charge in [-0.05, 0) is 6.07 Å². The zero-order valence-electron chi connectivity index (χ0n) is 9.32. The maximum atomic E-state index is 11.2. The van der Waals surface area contributed by atoms with Crippen LogP contribution in [0, 0.1) is 0 Å². The summed E-state index contributed by atoms with van der Waals surface area (Å²) >= 11 is 0. The first kappa shape index (κ1) is 11.1. The van der Waals surface area contributed by atoms with E-state index in [-0.39, 0.29) is 5.82 Å². The summed E-state index contributed by atoms with van der Waals surface area (Å²) in [5.41, 5.74) is 0.674.